The van der Waals surface area contributed by atoms with Crippen LogP contribution in [0.3, 0.4) is 0 Å². The number of fused-ring (bicyclic) bond motifs is 4. The van der Waals surface area contributed by atoms with Gasteiger partial charge in [0.2, 0.25) is 0 Å². The molecule has 0 radical (unpaired) electrons. The van der Waals surface area contributed by atoms with Crippen LogP contribution in [0.15, 0.2) is 97.1 Å². The van der Waals surface area contributed by atoms with E-state index in [2.05, 4.69) is 35.8 Å². The standard InChI is InChI=1S/C35H31ClN4O3/c1-23-10-9-15-29(24(23)2)37-18-19-38-30-20-26(36)17-16-25(30)21-35(31(38)22-37)32(41)39(27-11-5-3-6-12-27)34(43)40(33(35)42)28-13-7-4-8-14-28/h3-17,20,31H,18-19,21-22H2,1-2H3. The van der Waals surface area contributed by atoms with Gasteiger partial charge in [-0.25, -0.2) is 14.6 Å². The number of urea groups is 1. The van der Waals surface area contributed by atoms with Gasteiger partial charge in [-0.2, -0.15) is 0 Å². The minimum absolute atomic E-state index is 0.152. The van der Waals surface area contributed by atoms with E-state index in [1.165, 1.54) is 15.4 Å². The maximum Gasteiger partial charge on any atom is 0.342 e. The van der Waals surface area contributed by atoms with Gasteiger partial charge in [0, 0.05) is 36.0 Å². The lowest BCUT2D eigenvalue weighted by Gasteiger charge is -2.57. The Morgan fingerprint density at radius 1 is 0.721 bits per heavy atom. The summed E-state index contributed by atoms with van der Waals surface area (Å²) in [6.45, 7) is 5.90. The van der Waals surface area contributed by atoms with Crippen LogP contribution in [0.2, 0.25) is 5.02 Å². The highest BCUT2D eigenvalue weighted by Crippen LogP contribution is 2.49. The summed E-state index contributed by atoms with van der Waals surface area (Å²) < 4.78 is 0. The molecule has 0 bridgehead atoms. The minimum Gasteiger partial charge on any atom is -0.367 e. The topological polar surface area (TPSA) is 64.2 Å². The first kappa shape index (κ1) is 27.2. The minimum atomic E-state index is -1.57. The summed E-state index contributed by atoms with van der Waals surface area (Å²) in [5.74, 6) is -1.00. The highest BCUT2D eigenvalue weighted by atomic mass is 35.5. The van der Waals surface area contributed by atoms with Gasteiger partial charge in [-0.05, 0) is 79.4 Å². The van der Waals surface area contributed by atoms with Crippen molar-refractivity contribution in [2.75, 3.05) is 39.2 Å². The Kier molecular flexibility index (Phi) is 6.51. The smallest absolute Gasteiger partial charge is 0.342 e. The van der Waals surface area contributed by atoms with E-state index in [0.29, 0.717) is 36.0 Å². The van der Waals surface area contributed by atoms with Crippen molar-refractivity contribution in [3.05, 3.63) is 119 Å². The zero-order chi connectivity index (χ0) is 29.9. The van der Waals surface area contributed by atoms with Crippen molar-refractivity contribution in [2.24, 2.45) is 5.41 Å². The van der Waals surface area contributed by atoms with Gasteiger partial charge in [0.1, 0.15) is 0 Å². The van der Waals surface area contributed by atoms with Gasteiger partial charge in [0.25, 0.3) is 11.8 Å². The first-order valence-electron chi connectivity index (χ1n) is 14.5. The van der Waals surface area contributed by atoms with Crippen LogP contribution in [0.5, 0.6) is 0 Å². The number of carbonyl (C=O) groups excluding carboxylic acids is 3. The second kappa shape index (κ2) is 10.3. The lowest BCUT2D eigenvalue weighted by Crippen LogP contribution is -2.76. The third-order valence-electron chi connectivity index (χ3n) is 9.27. The van der Waals surface area contributed by atoms with E-state index in [1.807, 2.05) is 30.3 Å². The summed E-state index contributed by atoms with van der Waals surface area (Å²) in [6.07, 6.45) is 0.152. The molecule has 2 fully saturated rings. The first-order valence-corrected chi connectivity index (χ1v) is 14.9. The number of hydrogen-bond donors (Lipinski definition) is 0. The molecule has 1 unspecified atom stereocenters. The number of halogens is 1. The Bertz CT molecular complexity index is 1700. The number of rotatable bonds is 3. The molecule has 1 atom stereocenters. The lowest BCUT2D eigenvalue weighted by molar-refractivity contribution is -0.143. The molecule has 3 aliphatic heterocycles. The third kappa shape index (κ3) is 4.13. The second-order valence-electron chi connectivity index (χ2n) is 11.5. The second-order valence-corrected chi connectivity index (χ2v) is 12.0. The predicted molar refractivity (Wildman–Crippen MR) is 170 cm³/mol. The van der Waals surface area contributed by atoms with Gasteiger partial charge >= 0.3 is 6.03 Å². The summed E-state index contributed by atoms with van der Waals surface area (Å²) >= 11 is 6.50. The van der Waals surface area contributed by atoms with Crippen molar-refractivity contribution in [1.29, 1.82) is 0 Å². The Morgan fingerprint density at radius 2 is 1.35 bits per heavy atom. The number of piperazine rings is 1. The number of imide groups is 2. The fourth-order valence-corrected chi connectivity index (χ4v) is 7.14. The Morgan fingerprint density at radius 3 is 1.98 bits per heavy atom. The quantitative estimate of drug-likeness (QED) is 0.259. The van der Waals surface area contributed by atoms with Crippen molar-refractivity contribution in [2.45, 2.75) is 26.3 Å². The lowest BCUT2D eigenvalue weighted by atomic mass is 9.67. The molecule has 3 heterocycles. The molecule has 4 amide bonds. The normalized spacial score (nSPS) is 19.5. The van der Waals surface area contributed by atoms with Crippen molar-refractivity contribution in [3.63, 3.8) is 0 Å². The first-order chi connectivity index (χ1) is 20.8. The van der Waals surface area contributed by atoms with Crippen LogP contribution in [0.4, 0.5) is 27.5 Å². The highest BCUT2D eigenvalue weighted by molar-refractivity contribution is 6.39. The van der Waals surface area contributed by atoms with Gasteiger partial charge < -0.3 is 9.80 Å². The molecule has 0 aromatic heterocycles. The highest BCUT2D eigenvalue weighted by Gasteiger charge is 2.65. The number of benzene rings is 4. The maximum atomic E-state index is 15.0. The summed E-state index contributed by atoms with van der Waals surface area (Å²) in [7, 11) is 0. The third-order valence-corrected chi connectivity index (χ3v) is 9.51. The molecule has 0 aliphatic carbocycles. The number of amides is 4. The van der Waals surface area contributed by atoms with Gasteiger partial charge in [-0.3, -0.25) is 9.59 Å². The zero-order valence-corrected chi connectivity index (χ0v) is 24.8. The molecule has 4 aromatic rings. The molecule has 0 N–H and O–H groups in total. The summed E-state index contributed by atoms with van der Waals surface area (Å²) in [5.41, 5.74) is 4.50. The van der Waals surface area contributed by atoms with Crippen LogP contribution in [-0.2, 0) is 16.0 Å². The maximum absolute atomic E-state index is 15.0. The molecule has 4 aromatic carbocycles. The van der Waals surface area contributed by atoms with Gasteiger partial charge in [0.05, 0.1) is 17.4 Å². The number of anilines is 4. The zero-order valence-electron chi connectivity index (χ0n) is 24.0. The number of hydrogen-bond acceptors (Lipinski definition) is 5. The van der Waals surface area contributed by atoms with Crippen LogP contribution in [0.25, 0.3) is 0 Å². The van der Waals surface area contributed by atoms with Crippen molar-refractivity contribution in [1.82, 2.24) is 0 Å². The van der Waals surface area contributed by atoms with Crippen LogP contribution in [-0.4, -0.2) is 43.5 Å². The molecule has 8 heteroatoms. The van der Waals surface area contributed by atoms with E-state index in [1.54, 1.807) is 54.6 Å². The van der Waals surface area contributed by atoms with Crippen LogP contribution in [0.1, 0.15) is 16.7 Å². The van der Waals surface area contributed by atoms with Gasteiger partial charge in [-0.1, -0.05) is 66.2 Å². The molecule has 7 rings (SSSR count). The van der Waals surface area contributed by atoms with E-state index in [4.69, 9.17) is 11.6 Å². The summed E-state index contributed by atoms with van der Waals surface area (Å²) in [5, 5.41) is 0.596. The predicted octanol–water partition coefficient (Wildman–Crippen LogP) is 6.39. The monoisotopic (exact) mass is 590 g/mol. The van der Waals surface area contributed by atoms with E-state index in [9.17, 15) is 14.4 Å². The Balaban J connectivity index is 1.45. The summed E-state index contributed by atoms with van der Waals surface area (Å²) in [6, 6.07) is 28.4. The average Bonchev–Trinajstić information content (AvgIpc) is 3.02. The number of barbiturate groups is 1. The van der Waals surface area contributed by atoms with Crippen LogP contribution >= 0.6 is 11.6 Å². The molecule has 2 saturated heterocycles. The van der Waals surface area contributed by atoms with Gasteiger partial charge in [-0.15, -0.1) is 0 Å². The van der Waals surface area contributed by atoms with Crippen molar-refractivity contribution >= 4 is 52.2 Å². The van der Waals surface area contributed by atoms with E-state index in [-0.39, 0.29) is 6.42 Å². The fourth-order valence-electron chi connectivity index (χ4n) is 6.97. The van der Waals surface area contributed by atoms with Gasteiger partial charge in [0.15, 0.2) is 5.41 Å². The molecular formula is C35H31ClN4O3. The van der Waals surface area contributed by atoms with Crippen LogP contribution in [0, 0.1) is 19.3 Å². The Labute approximate surface area is 255 Å². The van der Waals surface area contributed by atoms with Crippen molar-refractivity contribution in [3.8, 4) is 0 Å². The molecule has 7 nitrogen and oxygen atoms in total. The largest absolute Gasteiger partial charge is 0.367 e. The Hall–Kier alpha value is -4.62. The SMILES string of the molecule is Cc1cccc(N2CCN3c4cc(Cl)ccc4CC4(C(=O)N(c5ccccc5)C(=O)N(c5ccccc5)C4=O)C3C2)c1C. The molecule has 3 aliphatic rings. The molecule has 43 heavy (non-hydrogen) atoms. The van der Waals surface area contributed by atoms with E-state index < -0.39 is 29.3 Å². The average molecular weight is 591 g/mol. The summed E-state index contributed by atoms with van der Waals surface area (Å²) in [4.78, 5) is 51.0. The van der Waals surface area contributed by atoms with E-state index >= 15 is 0 Å². The number of nitrogens with zero attached hydrogens (tertiary/aromatic N) is 4. The number of aryl methyl sites for hydroxylation is 1. The molecule has 216 valence electrons. The fraction of sp³-hybridized carbons (Fsp3) is 0.229. The van der Waals surface area contributed by atoms with E-state index in [0.717, 1.165) is 22.5 Å². The number of para-hydroxylation sites is 2. The number of carbonyl (C=O) groups is 3. The molecule has 0 saturated carbocycles. The molecule has 1 spiro atoms. The van der Waals surface area contributed by atoms with Crippen molar-refractivity contribution < 1.29 is 14.4 Å². The van der Waals surface area contributed by atoms with Crippen LogP contribution < -0.4 is 19.6 Å². The molecular weight excluding hydrogens is 560 g/mol.